The maximum Gasteiger partial charge on any atom is 0.240 e. The summed E-state index contributed by atoms with van der Waals surface area (Å²) in [7, 11) is 0. The molecule has 2 N–H and O–H groups in total. The van der Waals surface area contributed by atoms with Crippen LogP contribution in [0.2, 0.25) is 0 Å². The number of hydrogen-bond acceptors (Lipinski definition) is 3. The lowest BCUT2D eigenvalue weighted by Gasteiger charge is -2.33. The average molecular weight is 209 g/mol. The van der Waals surface area contributed by atoms with Crippen molar-refractivity contribution >= 4 is 5.91 Å². The molecular formula is C11H19N3O. The molecule has 0 radical (unpaired) electrons. The molecule has 4 heteroatoms. The van der Waals surface area contributed by atoms with Crippen molar-refractivity contribution in [1.29, 1.82) is 5.26 Å². The maximum atomic E-state index is 11.9. The lowest BCUT2D eigenvalue weighted by Crippen LogP contribution is -2.57. The van der Waals surface area contributed by atoms with Gasteiger partial charge in [0.05, 0.1) is 17.5 Å². The van der Waals surface area contributed by atoms with Crippen molar-refractivity contribution in [3.63, 3.8) is 0 Å². The highest BCUT2D eigenvalue weighted by molar-refractivity contribution is 5.85. The quantitative estimate of drug-likeness (QED) is 0.722. The zero-order chi connectivity index (χ0) is 11.3. The van der Waals surface area contributed by atoms with Crippen LogP contribution in [0.25, 0.3) is 0 Å². The number of hydrogen-bond donors (Lipinski definition) is 2. The normalized spacial score (nSPS) is 27.8. The summed E-state index contributed by atoms with van der Waals surface area (Å²) in [6, 6.07) is 2.10. The zero-order valence-electron chi connectivity index (χ0n) is 9.47. The van der Waals surface area contributed by atoms with Crippen molar-refractivity contribution in [3.8, 4) is 6.07 Å². The van der Waals surface area contributed by atoms with Crippen LogP contribution in [-0.4, -0.2) is 24.5 Å². The second-order valence-corrected chi connectivity index (χ2v) is 4.46. The van der Waals surface area contributed by atoms with E-state index in [0.717, 1.165) is 25.8 Å². The topological polar surface area (TPSA) is 64.9 Å². The Labute approximate surface area is 91.0 Å². The number of nitrogens with zero attached hydrogens (tertiary/aromatic N) is 1. The van der Waals surface area contributed by atoms with Crippen LogP contribution in [0.4, 0.5) is 0 Å². The minimum Gasteiger partial charge on any atom is -0.353 e. The Morgan fingerprint density at radius 3 is 2.93 bits per heavy atom. The first kappa shape index (κ1) is 12.0. The molecule has 2 atom stereocenters. The molecule has 1 aliphatic heterocycles. The first-order valence-electron chi connectivity index (χ1n) is 5.51. The molecule has 0 aromatic heterocycles. The lowest BCUT2D eigenvalue weighted by atomic mass is 9.90. The third-order valence-electron chi connectivity index (χ3n) is 2.91. The van der Waals surface area contributed by atoms with Gasteiger partial charge in [0, 0.05) is 6.54 Å². The second-order valence-electron chi connectivity index (χ2n) is 4.46. The number of carbonyl (C=O) groups is 1. The van der Waals surface area contributed by atoms with E-state index in [1.165, 1.54) is 0 Å². The third kappa shape index (κ3) is 3.21. The largest absolute Gasteiger partial charge is 0.353 e. The van der Waals surface area contributed by atoms with Crippen molar-refractivity contribution in [2.45, 2.75) is 38.6 Å². The van der Waals surface area contributed by atoms with Crippen molar-refractivity contribution in [2.24, 2.45) is 5.92 Å². The van der Waals surface area contributed by atoms with E-state index in [2.05, 4.69) is 16.7 Å². The summed E-state index contributed by atoms with van der Waals surface area (Å²) < 4.78 is 0. The molecule has 1 rings (SSSR count). The predicted octanol–water partition coefficient (Wildman–Crippen LogP) is 0.794. The van der Waals surface area contributed by atoms with Gasteiger partial charge in [-0.05, 0) is 39.7 Å². The molecule has 2 unspecified atom stereocenters. The highest BCUT2D eigenvalue weighted by atomic mass is 16.2. The first-order chi connectivity index (χ1) is 7.08. The van der Waals surface area contributed by atoms with Gasteiger partial charge in [-0.1, -0.05) is 0 Å². The van der Waals surface area contributed by atoms with Crippen LogP contribution in [0.1, 0.15) is 33.1 Å². The Kier molecular flexibility index (Phi) is 4.10. The summed E-state index contributed by atoms with van der Waals surface area (Å²) in [4.78, 5) is 11.9. The molecule has 0 bridgehead atoms. The van der Waals surface area contributed by atoms with E-state index in [-0.39, 0.29) is 11.8 Å². The molecule has 1 aliphatic rings. The van der Waals surface area contributed by atoms with E-state index in [9.17, 15) is 4.79 Å². The standard InChI is InChI=1S/C11H19N3O/c1-9(7-12)8-13-10(15)11(2)5-3-4-6-14-11/h9,14H,3-6,8H2,1-2H3,(H,13,15). The molecule has 15 heavy (non-hydrogen) atoms. The van der Waals surface area contributed by atoms with E-state index in [1.54, 1.807) is 6.92 Å². The number of amides is 1. The predicted molar refractivity (Wildman–Crippen MR) is 58.0 cm³/mol. The number of nitriles is 1. The molecule has 1 amide bonds. The number of nitrogens with one attached hydrogen (secondary N) is 2. The minimum atomic E-state index is -0.437. The fourth-order valence-electron chi connectivity index (χ4n) is 1.74. The van der Waals surface area contributed by atoms with Gasteiger partial charge in [0.1, 0.15) is 0 Å². The monoisotopic (exact) mass is 209 g/mol. The van der Waals surface area contributed by atoms with E-state index < -0.39 is 5.54 Å². The van der Waals surface area contributed by atoms with Crippen LogP contribution in [0.5, 0.6) is 0 Å². The fraction of sp³-hybridized carbons (Fsp3) is 0.818. The molecule has 84 valence electrons. The fourth-order valence-corrected chi connectivity index (χ4v) is 1.74. The molecule has 1 heterocycles. The summed E-state index contributed by atoms with van der Waals surface area (Å²) in [6.07, 6.45) is 3.10. The molecule has 0 aromatic carbocycles. The second kappa shape index (κ2) is 5.13. The SMILES string of the molecule is CC(C#N)CNC(=O)C1(C)CCCCN1. The van der Waals surface area contributed by atoms with E-state index in [1.807, 2.05) is 6.92 Å². The Hall–Kier alpha value is -1.08. The van der Waals surface area contributed by atoms with Crippen LogP contribution < -0.4 is 10.6 Å². The van der Waals surface area contributed by atoms with Gasteiger partial charge in [-0.2, -0.15) is 5.26 Å². The van der Waals surface area contributed by atoms with Crippen molar-refractivity contribution < 1.29 is 4.79 Å². The number of rotatable bonds is 3. The maximum absolute atomic E-state index is 11.9. The van der Waals surface area contributed by atoms with Crippen LogP contribution in [-0.2, 0) is 4.79 Å². The van der Waals surface area contributed by atoms with Gasteiger partial charge in [0.15, 0.2) is 0 Å². The molecular weight excluding hydrogens is 190 g/mol. The Morgan fingerprint density at radius 2 is 2.40 bits per heavy atom. The molecule has 0 aliphatic carbocycles. The Bertz CT molecular complexity index is 263. The summed E-state index contributed by atoms with van der Waals surface area (Å²) in [6.45, 7) is 5.07. The van der Waals surface area contributed by atoms with Crippen LogP contribution in [0.3, 0.4) is 0 Å². The lowest BCUT2D eigenvalue weighted by molar-refractivity contribution is -0.128. The van der Waals surface area contributed by atoms with Crippen LogP contribution in [0.15, 0.2) is 0 Å². The van der Waals surface area contributed by atoms with Crippen molar-refractivity contribution in [1.82, 2.24) is 10.6 Å². The molecule has 1 fully saturated rings. The van der Waals surface area contributed by atoms with Gasteiger partial charge in [0.2, 0.25) is 5.91 Å². The first-order valence-corrected chi connectivity index (χ1v) is 5.51. The highest BCUT2D eigenvalue weighted by Crippen LogP contribution is 2.18. The van der Waals surface area contributed by atoms with Crippen LogP contribution >= 0.6 is 0 Å². The zero-order valence-corrected chi connectivity index (χ0v) is 9.47. The van der Waals surface area contributed by atoms with Crippen molar-refractivity contribution in [3.05, 3.63) is 0 Å². The smallest absolute Gasteiger partial charge is 0.240 e. The summed E-state index contributed by atoms with van der Waals surface area (Å²) in [5.41, 5.74) is -0.437. The summed E-state index contributed by atoms with van der Waals surface area (Å²) in [5.74, 6) is -0.106. The van der Waals surface area contributed by atoms with Gasteiger partial charge < -0.3 is 10.6 Å². The highest BCUT2D eigenvalue weighted by Gasteiger charge is 2.33. The van der Waals surface area contributed by atoms with Gasteiger partial charge in [0.25, 0.3) is 0 Å². The molecule has 0 spiro atoms. The van der Waals surface area contributed by atoms with E-state index >= 15 is 0 Å². The van der Waals surface area contributed by atoms with Crippen molar-refractivity contribution in [2.75, 3.05) is 13.1 Å². The molecule has 1 saturated heterocycles. The number of piperidine rings is 1. The molecule has 0 saturated carbocycles. The Balaban J connectivity index is 2.42. The van der Waals surface area contributed by atoms with Crippen LogP contribution in [0, 0.1) is 17.2 Å². The number of carbonyl (C=O) groups excluding carboxylic acids is 1. The minimum absolute atomic E-state index is 0.0179. The molecule has 0 aromatic rings. The van der Waals surface area contributed by atoms with Gasteiger partial charge in [-0.3, -0.25) is 4.79 Å². The van der Waals surface area contributed by atoms with Gasteiger partial charge in [-0.15, -0.1) is 0 Å². The summed E-state index contributed by atoms with van der Waals surface area (Å²) >= 11 is 0. The third-order valence-corrected chi connectivity index (χ3v) is 2.91. The molecule has 4 nitrogen and oxygen atoms in total. The van der Waals surface area contributed by atoms with E-state index in [4.69, 9.17) is 5.26 Å². The van der Waals surface area contributed by atoms with Gasteiger partial charge in [-0.25, -0.2) is 0 Å². The van der Waals surface area contributed by atoms with E-state index in [0.29, 0.717) is 6.54 Å². The average Bonchev–Trinajstić information content (AvgIpc) is 2.26. The van der Waals surface area contributed by atoms with Gasteiger partial charge >= 0.3 is 0 Å². The Morgan fingerprint density at radius 1 is 1.67 bits per heavy atom. The summed E-state index contributed by atoms with van der Waals surface area (Å²) in [5, 5.41) is 14.7.